The molecule has 0 aliphatic carbocycles. The van der Waals surface area contributed by atoms with E-state index in [0.29, 0.717) is 22.0 Å². The Morgan fingerprint density at radius 1 is 1.25 bits per heavy atom. The van der Waals surface area contributed by atoms with Crippen LogP contribution in [0.2, 0.25) is 5.02 Å². The normalized spacial score (nSPS) is 11.0. The summed E-state index contributed by atoms with van der Waals surface area (Å²) < 4.78 is 8.42. The summed E-state index contributed by atoms with van der Waals surface area (Å²) in [5, 5.41) is 12.7. The van der Waals surface area contributed by atoms with Gasteiger partial charge in [-0.1, -0.05) is 17.7 Å². The first-order valence-electron chi connectivity index (χ1n) is 8.48. The van der Waals surface area contributed by atoms with E-state index in [1.807, 2.05) is 18.2 Å². The molecule has 9 heteroatoms. The van der Waals surface area contributed by atoms with Crippen LogP contribution in [0.3, 0.4) is 0 Å². The van der Waals surface area contributed by atoms with Crippen LogP contribution >= 0.6 is 11.6 Å². The van der Waals surface area contributed by atoms with E-state index in [2.05, 4.69) is 20.5 Å². The molecule has 0 saturated carbocycles. The number of nitrogens with zero attached hydrogens (tertiary/aromatic N) is 5. The average Bonchev–Trinajstić information content (AvgIpc) is 3.27. The third-order valence-corrected chi connectivity index (χ3v) is 4.62. The number of methoxy groups -OCH3 is 1. The molecule has 0 fully saturated rings. The highest BCUT2D eigenvalue weighted by molar-refractivity contribution is 6.36. The summed E-state index contributed by atoms with van der Waals surface area (Å²) in [6, 6.07) is 7.36. The largest absolute Gasteiger partial charge is 0.495 e. The van der Waals surface area contributed by atoms with Crippen LogP contribution in [0.15, 0.2) is 49.1 Å². The van der Waals surface area contributed by atoms with Crippen molar-refractivity contribution in [2.75, 3.05) is 12.4 Å². The predicted molar refractivity (Wildman–Crippen MR) is 106 cm³/mol. The minimum atomic E-state index is -0.252. The van der Waals surface area contributed by atoms with Gasteiger partial charge < -0.3 is 10.1 Å². The van der Waals surface area contributed by atoms with Gasteiger partial charge in [-0.3, -0.25) is 19.1 Å². The highest BCUT2D eigenvalue weighted by Crippen LogP contribution is 2.29. The second-order valence-electron chi connectivity index (χ2n) is 6.19. The number of hydrogen-bond donors (Lipinski definition) is 1. The molecule has 4 rings (SSSR count). The van der Waals surface area contributed by atoms with E-state index in [1.54, 1.807) is 54.4 Å². The Balaban J connectivity index is 1.52. The molecule has 1 aromatic carbocycles. The topological polar surface area (TPSA) is 86.9 Å². The summed E-state index contributed by atoms with van der Waals surface area (Å²) in [6.07, 6.45) is 6.80. The van der Waals surface area contributed by atoms with Crippen LogP contribution in [-0.4, -0.2) is 37.6 Å². The Morgan fingerprint density at radius 2 is 2.11 bits per heavy atom. The van der Waals surface area contributed by atoms with E-state index in [4.69, 9.17) is 16.3 Å². The van der Waals surface area contributed by atoms with Gasteiger partial charge in [0.05, 0.1) is 35.4 Å². The number of nitrogens with one attached hydrogen (secondary N) is 1. The SMILES string of the molecule is COc1cncc(-c2cnn(CC(=O)Nc3nn(C)c4cccc(Cl)c34)c2)c1. The van der Waals surface area contributed by atoms with Gasteiger partial charge in [0.1, 0.15) is 12.3 Å². The molecule has 0 atom stereocenters. The molecule has 0 spiro atoms. The number of ether oxygens (including phenoxy) is 1. The van der Waals surface area contributed by atoms with Gasteiger partial charge in [0.2, 0.25) is 5.91 Å². The number of carbonyl (C=O) groups excluding carboxylic acids is 1. The van der Waals surface area contributed by atoms with Crippen molar-refractivity contribution >= 4 is 34.2 Å². The number of benzene rings is 1. The molecule has 28 heavy (non-hydrogen) atoms. The van der Waals surface area contributed by atoms with Gasteiger partial charge >= 0.3 is 0 Å². The average molecular weight is 397 g/mol. The fourth-order valence-electron chi connectivity index (χ4n) is 2.96. The van der Waals surface area contributed by atoms with Crippen molar-refractivity contribution in [1.29, 1.82) is 0 Å². The third kappa shape index (κ3) is 3.41. The molecule has 0 saturated heterocycles. The van der Waals surface area contributed by atoms with E-state index < -0.39 is 0 Å². The van der Waals surface area contributed by atoms with Crippen LogP contribution in [-0.2, 0) is 18.4 Å². The number of pyridine rings is 1. The summed E-state index contributed by atoms with van der Waals surface area (Å²) in [4.78, 5) is 16.6. The van der Waals surface area contributed by atoms with Gasteiger partial charge in [0, 0.05) is 30.6 Å². The van der Waals surface area contributed by atoms with Crippen LogP contribution in [0.5, 0.6) is 5.75 Å². The Bertz CT molecular complexity index is 1170. The molecule has 1 amide bonds. The first-order valence-corrected chi connectivity index (χ1v) is 8.86. The molecule has 0 aliphatic heterocycles. The van der Waals surface area contributed by atoms with Gasteiger partial charge in [-0.15, -0.1) is 0 Å². The summed E-state index contributed by atoms with van der Waals surface area (Å²) in [5.74, 6) is 0.831. The second-order valence-corrected chi connectivity index (χ2v) is 6.60. The third-order valence-electron chi connectivity index (χ3n) is 4.31. The lowest BCUT2D eigenvalue weighted by atomic mass is 10.2. The number of halogens is 1. The Kier molecular flexibility index (Phi) is 4.70. The molecule has 0 unspecified atom stereocenters. The predicted octanol–water partition coefficient (Wildman–Crippen LogP) is 3.13. The van der Waals surface area contributed by atoms with E-state index in [1.165, 1.54) is 0 Å². The lowest BCUT2D eigenvalue weighted by Gasteiger charge is -2.04. The lowest BCUT2D eigenvalue weighted by molar-refractivity contribution is -0.116. The number of amides is 1. The molecular weight excluding hydrogens is 380 g/mol. The molecule has 1 N–H and O–H groups in total. The van der Waals surface area contributed by atoms with Gasteiger partial charge in [0.25, 0.3) is 0 Å². The maximum Gasteiger partial charge on any atom is 0.247 e. The molecule has 4 aromatic rings. The molecule has 142 valence electrons. The fraction of sp³-hybridized carbons (Fsp3) is 0.158. The molecule has 0 radical (unpaired) electrons. The van der Waals surface area contributed by atoms with Crippen molar-refractivity contribution in [2.24, 2.45) is 7.05 Å². The van der Waals surface area contributed by atoms with E-state index in [-0.39, 0.29) is 12.5 Å². The first kappa shape index (κ1) is 18.0. The van der Waals surface area contributed by atoms with Crippen molar-refractivity contribution in [3.05, 3.63) is 54.1 Å². The highest BCUT2D eigenvalue weighted by Gasteiger charge is 2.15. The molecule has 8 nitrogen and oxygen atoms in total. The Morgan fingerprint density at radius 3 is 2.93 bits per heavy atom. The summed E-state index contributed by atoms with van der Waals surface area (Å²) in [6.45, 7) is 0.0416. The molecule has 0 aliphatic rings. The fourth-order valence-corrected chi connectivity index (χ4v) is 3.22. The van der Waals surface area contributed by atoms with Crippen molar-refractivity contribution in [3.8, 4) is 16.9 Å². The van der Waals surface area contributed by atoms with Crippen molar-refractivity contribution < 1.29 is 9.53 Å². The number of fused-ring (bicyclic) bond motifs is 1. The Labute approximate surface area is 165 Å². The minimum absolute atomic E-state index is 0.0416. The zero-order valence-electron chi connectivity index (χ0n) is 15.3. The standard InChI is InChI=1S/C19H17ClN6O2/c1-25-16-5-3-4-15(20)18(16)19(24-25)23-17(27)11-26-10-13(8-22-26)12-6-14(28-2)9-21-7-12/h3-10H,11H2,1-2H3,(H,23,24,27). The van der Waals surface area contributed by atoms with Crippen molar-refractivity contribution in [2.45, 2.75) is 6.54 Å². The smallest absolute Gasteiger partial charge is 0.247 e. The summed E-state index contributed by atoms with van der Waals surface area (Å²) in [5.41, 5.74) is 2.54. The summed E-state index contributed by atoms with van der Waals surface area (Å²) >= 11 is 6.28. The van der Waals surface area contributed by atoms with Crippen LogP contribution < -0.4 is 10.1 Å². The van der Waals surface area contributed by atoms with Crippen molar-refractivity contribution in [1.82, 2.24) is 24.5 Å². The number of rotatable bonds is 5. The van der Waals surface area contributed by atoms with Crippen LogP contribution in [0.4, 0.5) is 5.82 Å². The van der Waals surface area contributed by atoms with Gasteiger partial charge in [-0.25, -0.2) is 0 Å². The molecular formula is C19H17ClN6O2. The van der Waals surface area contributed by atoms with Crippen LogP contribution in [0.25, 0.3) is 22.0 Å². The first-order chi connectivity index (χ1) is 13.5. The maximum absolute atomic E-state index is 12.5. The highest BCUT2D eigenvalue weighted by atomic mass is 35.5. The van der Waals surface area contributed by atoms with E-state index in [0.717, 1.165) is 16.6 Å². The molecule has 0 bridgehead atoms. The number of aromatic nitrogens is 5. The van der Waals surface area contributed by atoms with Crippen molar-refractivity contribution in [3.63, 3.8) is 0 Å². The second kappa shape index (κ2) is 7.32. The number of anilines is 1. The number of hydrogen-bond acceptors (Lipinski definition) is 5. The Hall–Kier alpha value is -3.39. The molecule has 3 aromatic heterocycles. The van der Waals surface area contributed by atoms with Gasteiger partial charge in [-0.05, 0) is 18.2 Å². The minimum Gasteiger partial charge on any atom is -0.495 e. The quantitative estimate of drug-likeness (QED) is 0.560. The summed E-state index contributed by atoms with van der Waals surface area (Å²) in [7, 11) is 3.39. The number of carbonyl (C=O) groups is 1. The van der Waals surface area contributed by atoms with E-state index in [9.17, 15) is 4.79 Å². The number of aryl methyl sites for hydroxylation is 1. The van der Waals surface area contributed by atoms with E-state index >= 15 is 0 Å². The zero-order valence-corrected chi connectivity index (χ0v) is 16.0. The van der Waals surface area contributed by atoms with Gasteiger partial charge in [-0.2, -0.15) is 10.2 Å². The van der Waals surface area contributed by atoms with Gasteiger partial charge in [0.15, 0.2) is 5.82 Å². The van der Waals surface area contributed by atoms with Crippen LogP contribution in [0, 0.1) is 0 Å². The monoisotopic (exact) mass is 396 g/mol. The zero-order chi connectivity index (χ0) is 19.7. The lowest BCUT2D eigenvalue weighted by Crippen LogP contribution is -2.19. The van der Waals surface area contributed by atoms with Crippen LogP contribution in [0.1, 0.15) is 0 Å². The maximum atomic E-state index is 12.5. The molecule has 3 heterocycles.